The van der Waals surface area contributed by atoms with Crippen molar-refractivity contribution in [1.82, 2.24) is 5.32 Å². The number of benzene rings is 1. The summed E-state index contributed by atoms with van der Waals surface area (Å²) in [6, 6.07) is 7.88. The van der Waals surface area contributed by atoms with Crippen LogP contribution in [0.5, 0.6) is 5.75 Å². The average molecular weight is 333 g/mol. The number of nitrogens with one attached hydrogen (secondary N) is 1. The predicted octanol–water partition coefficient (Wildman–Crippen LogP) is 3.22. The number of thioether (sulfide) groups is 1. The van der Waals surface area contributed by atoms with Crippen molar-refractivity contribution in [3.8, 4) is 5.75 Å². The van der Waals surface area contributed by atoms with E-state index in [1.54, 1.807) is 11.3 Å². The van der Waals surface area contributed by atoms with Crippen molar-refractivity contribution in [2.45, 2.75) is 18.6 Å². The van der Waals surface area contributed by atoms with E-state index in [-0.39, 0.29) is 11.8 Å². The summed E-state index contributed by atoms with van der Waals surface area (Å²) in [4.78, 5) is 12.3. The quantitative estimate of drug-likeness (QED) is 0.798. The number of carbonyl (C=O) groups is 1. The lowest BCUT2D eigenvalue weighted by molar-refractivity contribution is -0.124. The fourth-order valence-electron chi connectivity index (χ4n) is 2.72. The van der Waals surface area contributed by atoms with Crippen LogP contribution in [0.2, 0.25) is 0 Å². The molecule has 2 N–H and O–H groups in total. The van der Waals surface area contributed by atoms with Crippen LogP contribution in [-0.4, -0.2) is 23.3 Å². The molecule has 2 aromatic rings. The van der Waals surface area contributed by atoms with Gasteiger partial charge in [0.25, 0.3) is 0 Å². The first-order valence-corrected chi connectivity index (χ1v) is 9.50. The van der Waals surface area contributed by atoms with E-state index in [9.17, 15) is 9.90 Å². The molecule has 1 aliphatic rings. The summed E-state index contributed by atoms with van der Waals surface area (Å²) < 4.78 is 0. The van der Waals surface area contributed by atoms with Crippen LogP contribution in [0.4, 0.5) is 0 Å². The summed E-state index contributed by atoms with van der Waals surface area (Å²) in [5.41, 5.74) is 3.12. The molecule has 3 nitrogen and oxygen atoms in total. The highest BCUT2D eigenvalue weighted by Gasteiger charge is 2.26. The highest BCUT2D eigenvalue weighted by atomic mass is 32.2. The molecule has 0 aliphatic heterocycles. The SMILES string of the molecule is O=C(NCCSCc1ccsc1)C1Cc2cccc(c2O)C1. The number of amides is 1. The second-order valence-electron chi connectivity index (χ2n) is 5.51. The molecule has 5 heteroatoms. The molecule has 1 amide bonds. The number of phenolic OH excluding ortho intramolecular Hbond substituents is 1. The Balaban J connectivity index is 1.40. The third-order valence-corrected chi connectivity index (χ3v) is 5.66. The normalized spacial score (nSPS) is 14.0. The molecule has 22 heavy (non-hydrogen) atoms. The summed E-state index contributed by atoms with van der Waals surface area (Å²) >= 11 is 3.55. The van der Waals surface area contributed by atoms with Crippen molar-refractivity contribution in [1.29, 1.82) is 0 Å². The molecular formula is C17H19NO2S2. The molecule has 1 heterocycles. The van der Waals surface area contributed by atoms with Gasteiger partial charge in [0.1, 0.15) is 5.75 Å². The molecule has 0 fully saturated rings. The maximum atomic E-state index is 12.3. The lowest BCUT2D eigenvalue weighted by atomic mass is 9.84. The van der Waals surface area contributed by atoms with Gasteiger partial charge in [-0.05, 0) is 46.4 Å². The van der Waals surface area contributed by atoms with Gasteiger partial charge < -0.3 is 10.4 Å². The van der Waals surface area contributed by atoms with Gasteiger partial charge in [-0.15, -0.1) is 0 Å². The number of hydrogen-bond acceptors (Lipinski definition) is 4. The first-order valence-electron chi connectivity index (χ1n) is 7.40. The average Bonchev–Trinajstić information content (AvgIpc) is 2.99. The molecule has 0 saturated carbocycles. The lowest BCUT2D eigenvalue weighted by Gasteiger charge is -2.23. The van der Waals surface area contributed by atoms with Crippen molar-refractivity contribution in [3.63, 3.8) is 0 Å². The van der Waals surface area contributed by atoms with Gasteiger partial charge in [-0.1, -0.05) is 18.2 Å². The molecule has 116 valence electrons. The number of para-hydroxylation sites is 1. The fraction of sp³-hybridized carbons (Fsp3) is 0.353. The Morgan fingerprint density at radius 2 is 2.09 bits per heavy atom. The minimum Gasteiger partial charge on any atom is -0.507 e. The number of phenols is 1. The van der Waals surface area contributed by atoms with Gasteiger partial charge in [0.05, 0.1) is 0 Å². The standard InChI is InChI=1S/C17H19NO2S2/c19-16-13-2-1-3-14(16)9-15(8-13)17(20)18-5-7-22-11-12-4-6-21-10-12/h1-4,6,10,15,19H,5,7-9,11H2,(H,18,20). The Hall–Kier alpha value is -1.46. The van der Waals surface area contributed by atoms with Gasteiger partial charge >= 0.3 is 0 Å². The van der Waals surface area contributed by atoms with Gasteiger partial charge in [-0.2, -0.15) is 23.1 Å². The van der Waals surface area contributed by atoms with Crippen molar-refractivity contribution >= 4 is 29.0 Å². The van der Waals surface area contributed by atoms with E-state index in [1.807, 2.05) is 30.0 Å². The zero-order chi connectivity index (χ0) is 15.4. The maximum absolute atomic E-state index is 12.3. The zero-order valence-corrected chi connectivity index (χ0v) is 13.9. The van der Waals surface area contributed by atoms with Gasteiger partial charge in [0.2, 0.25) is 5.91 Å². The molecule has 2 bridgehead atoms. The minimum atomic E-state index is -0.0519. The van der Waals surface area contributed by atoms with E-state index >= 15 is 0 Å². The first kappa shape index (κ1) is 15.4. The van der Waals surface area contributed by atoms with Crippen LogP contribution in [0.3, 0.4) is 0 Å². The van der Waals surface area contributed by atoms with E-state index in [0.29, 0.717) is 25.1 Å². The Morgan fingerprint density at radius 1 is 1.32 bits per heavy atom. The van der Waals surface area contributed by atoms with Gasteiger partial charge in [-0.25, -0.2) is 0 Å². The predicted molar refractivity (Wildman–Crippen MR) is 92.5 cm³/mol. The molecule has 1 aromatic heterocycles. The molecule has 0 unspecified atom stereocenters. The largest absolute Gasteiger partial charge is 0.507 e. The Bertz CT molecular complexity index is 616. The van der Waals surface area contributed by atoms with Crippen molar-refractivity contribution in [2.24, 2.45) is 5.92 Å². The van der Waals surface area contributed by atoms with Crippen LogP contribution in [0.25, 0.3) is 0 Å². The number of hydrogen-bond donors (Lipinski definition) is 2. The number of thiophene rings is 1. The number of rotatable bonds is 6. The van der Waals surface area contributed by atoms with Crippen LogP contribution in [0, 0.1) is 5.92 Å². The first-order chi connectivity index (χ1) is 10.7. The van der Waals surface area contributed by atoms with E-state index in [0.717, 1.165) is 22.6 Å². The zero-order valence-electron chi connectivity index (χ0n) is 12.2. The van der Waals surface area contributed by atoms with Crippen LogP contribution >= 0.6 is 23.1 Å². The molecular weight excluding hydrogens is 314 g/mol. The van der Waals surface area contributed by atoms with Crippen LogP contribution in [0.1, 0.15) is 16.7 Å². The van der Waals surface area contributed by atoms with Gasteiger partial charge in [0, 0.05) is 24.0 Å². The molecule has 3 rings (SSSR count). The smallest absolute Gasteiger partial charge is 0.223 e. The monoisotopic (exact) mass is 333 g/mol. The van der Waals surface area contributed by atoms with Crippen molar-refractivity contribution < 1.29 is 9.90 Å². The topological polar surface area (TPSA) is 49.3 Å². The Labute approximate surface area is 138 Å². The Kier molecular flexibility index (Phi) is 5.05. The van der Waals surface area contributed by atoms with Crippen molar-refractivity contribution in [2.75, 3.05) is 12.3 Å². The maximum Gasteiger partial charge on any atom is 0.223 e. The lowest BCUT2D eigenvalue weighted by Crippen LogP contribution is -2.35. The molecule has 0 spiro atoms. The number of fused-ring (bicyclic) bond motifs is 2. The van der Waals surface area contributed by atoms with Crippen LogP contribution in [-0.2, 0) is 23.4 Å². The molecule has 0 atom stereocenters. The van der Waals surface area contributed by atoms with Crippen LogP contribution in [0.15, 0.2) is 35.0 Å². The third kappa shape index (κ3) is 3.65. The molecule has 0 saturated heterocycles. The highest BCUT2D eigenvalue weighted by Crippen LogP contribution is 2.33. The number of aromatic hydroxyl groups is 1. The summed E-state index contributed by atoms with van der Waals surface area (Å²) in [6.45, 7) is 0.698. The summed E-state index contributed by atoms with van der Waals surface area (Å²) in [7, 11) is 0. The van der Waals surface area contributed by atoms with E-state index < -0.39 is 0 Å². The molecule has 1 aliphatic carbocycles. The summed E-state index contributed by atoms with van der Waals surface area (Å²) in [5, 5.41) is 17.2. The second kappa shape index (κ2) is 7.20. The van der Waals surface area contributed by atoms with Crippen molar-refractivity contribution in [3.05, 3.63) is 51.7 Å². The second-order valence-corrected chi connectivity index (χ2v) is 7.39. The fourth-order valence-corrected chi connectivity index (χ4v) is 4.30. The summed E-state index contributed by atoms with van der Waals surface area (Å²) in [5.74, 6) is 2.34. The highest BCUT2D eigenvalue weighted by molar-refractivity contribution is 7.98. The van der Waals surface area contributed by atoms with E-state index in [1.165, 1.54) is 5.56 Å². The van der Waals surface area contributed by atoms with E-state index in [2.05, 4.69) is 22.1 Å². The third-order valence-electron chi connectivity index (χ3n) is 3.90. The number of carbonyl (C=O) groups excluding carboxylic acids is 1. The minimum absolute atomic E-state index is 0.0519. The molecule has 1 aromatic carbocycles. The summed E-state index contributed by atoms with van der Waals surface area (Å²) in [6.07, 6.45) is 1.26. The van der Waals surface area contributed by atoms with E-state index in [4.69, 9.17) is 0 Å². The Morgan fingerprint density at radius 3 is 2.77 bits per heavy atom. The van der Waals surface area contributed by atoms with Gasteiger partial charge in [-0.3, -0.25) is 4.79 Å². The molecule has 0 radical (unpaired) electrons. The van der Waals surface area contributed by atoms with Gasteiger partial charge in [0.15, 0.2) is 0 Å². The van der Waals surface area contributed by atoms with Crippen LogP contribution < -0.4 is 5.32 Å².